The van der Waals surface area contributed by atoms with E-state index in [0.29, 0.717) is 5.92 Å². The predicted octanol–water partition coefficient (Wildman–Crippen LogP) is 3.74. The van der Waals surface area contributed by atoms with Crippen molar-refractivity contribution in [1.82, 2.24) is 10.3 Å². The average molecular weight is 344 g/mol. The van der Waals surface area contributed by atoms with Crippen molar-refractivity contribution in [2.45, 2.75) is 52.5 Å². The van der Waals surface area contributed by atoms with E-state index in [0.717, 1.165) is 35.7 Å². The van der Waals surface area contributed by atoms with E-state index in [-0.39, 0.29) is 18.2 Å². The first kappa shape index (κ1) is 19.0. The summed E-state index contributed by atoms with van der Waals surface area (Å²) in [5.41, 5.74) is 1.87. The van der Waals surface area contributed by atoms with E-state index in [1.54, 1.807) is 0 Å². The normalized spacial score (nSPS) is 13.8. The number of hydrogen-bond donors (Lipinski definition) is 3. The molecule has 1 aromatic carbocycles. The molecule has 0 aliphatic rings. The van der Waals surface area contributed by atoms with Crippen molar-refractivity contribution < 1.29 is 14.7 Å². The zero-order valence-electron chi connectivity index (χ0n) is 15.2. The lowest BCUT2D eigenvalue weighted by Gasteiger charge is -2.21. The maximum atomic E-state index is 12.6. The molecule has 1 aromatic heterocycles. The van der Waals surface area contributed by atoms with Crippen LogP contribution in [0, 0.1) is 11.8 Å². The zero-order valence-corrected chi connectivity index (χ0v) is 15.2. The van der Waals surface area contributed by atoms with Crippen LogP contribution in [0.15, 0.2) is 30.5 Å². The second-order valence-electron chi connectivity index (χ2n) is 7.08. The van der Waals surface area contributed by atoms with Crippen LogP contribution in [0.4, 0.5) is 0 Å². The summed E-state index contributed by atoms with van der Waals surface area (Å²) in [5.74, 6) is -0.879. The van der Waals surface area contributed by atoms with Gasteiger partial charge in [-0.05, 0) is 30.4 Å². The summed E-state index contributed by atoms with van der Waals surface area (Å²) < 4.78 is 0. The van der Waals surface area contributed by atoms with Crippen molar-refractivity contribution in [3.8, 4) is 0 Å². The summed E-state index contributed by atoms with van der Waals surface area (Å²) in [7, 11) is 0. The number of carboxylic acid groups (broad SMARTS) is 1. The van der Waals surface area contributed by atoms with Gasteiger partial charge in [0.2, 0.25) is 5.91 Å². The standard InChI is InChI=1S/C20H28N2O3/c1-4-7-14(10-13(2)3)19(23)22-18(20(24)25)11-15-12-21-17-9-6-5-8-16(15)17/h5-6,8-9,12-14,18,21H,4,7,10-11H2,1-3H3,(H,22,23)(H,24,25)/t14?,18-/m0/s1. The van der Waals surface area contributed by atoms with Crippen LogP contribution in [0.5, 0.6) is 0 Å². The Morgan fingerprint density at radius 2 is 1.96 bits per heavy atom. The second kappa shape index (κ2) is 8.70. The molecule has 3 N–H and O–H groups in total. The van der Waals surface area contributed by atoms with Crippen molar-refractivity contribution in [2.75, 3.05) is 0 Å². The van der Waals surface area contributed by atoms with Crippen LogP contribution in [0.1, 0.15) is 45.6 Å². The fraction of sp³-hybridized carbons (Fsp3) is 0.500. The number of aromatic nitrogens is 1. The molecule has 0 aliphatic carbocycles. The summed E-state index contributed by atoms with van der Waals surface area (Å²) in [6, 6.07) is 6.85. The number of carboxylic acids is 1. The highest BCUT2D eigenvalue weighted by Crippen LogP contribution is 2.21. The van der Waals surface area contributed by atoms with Gasteiger partial charge in [-0.3, -0.25) is 4.79 Å². The van der Waals surface area contributed by atoms with Crippen molar-refractivity contribution in [2.24, 2.45) is 11.8 Å². The van der Waals surface area contributed by atoms with Gasteiger partial charge in [0.15, 0.2) is 0 Å². The number of para-hydroxylation sites is 1. The first-order chi connectivity index (χ1) is 11.9. The van der Waals surface area contributed by atoms with E-state index in [2.05, 4.69) is 24.1 Å². The molecular weight excluding hydrogens is 316 g/mol. The van der Waals surface area contributed by atoms with E-state index in [9.17, 15) is 14.7 Å². The molecule has 2 atom stereocenters. The Bertz CT molecular complexity index is 721. The molecule has 1 amide bonds. The largest absolute Gasteiger partial charge is 0.480 e. The molecule has 0 radical (unpaired) electrons. The molecule has 2 rings (SSSR count). The maximum absolute atomic E-state index is 12.6. The van der Waals surface area contributed by atoms with Gasteiger partial charge in [-0.1, -0.05) is 45.4 Å². The Labute approximate surface area is 148 Å². The Balaban J connectivity index is 2.12. The summed E-state index contributed by atoms with van der Waals surface area (Å²) in [6.07, 6.45) is 4.56. The zero-order chi connectivity index (χ0) is 18.4. The van der Waals surface area contributed by atoms with Gasteiger partial charge in [0.05, 0.1) is 0 Å². The third-order valence-electron chi connectivity index (χ3n) is 4.48. The van der Waals surface area contributed by atoms with Gasteiger partial charge in [-0.2, -0.15) is 0 Å². The van der Waals surface area contributed by atoms with Gasteiger partial charge < -0.3 is 15.4 Å². The molecule has 0 saturated carbocycles. The van der Waals surface area contributed by atoms with E-state index >= 15 is 0 Å². The van der Waals surface area contributed by atoms with Gasteiger partial charge >= 0.3 is 5.97 Å². The monoisotopic (exact) mass is 344 g/mol. The number of aromatic amines is 1. The van der Waals surface area contributed by atoms with Crippen LogP contribution in [0.25, 0.3) is 10.9 Å². The van der Waals surface area contributed by atoms with Gasteiger partial charge in [0.1, 0.15) is 6.04 Å². The highest BCUT2D eigenvalue weighted by molar-refractivity contribution is 5.87. The maximum Gasteiger partial charge on any atom is 0.326 e. The molecule has 25 heavy (non-hydrogen) atoms. The fourth-order valence-electron chi connectivity index (χ4n) is 3.28. The minimum absolute atomic E-state index is 0.130. The third kappa shape index (κ3) is 5.08. The minimum Gasteiger partial charge on any atom is -0.480 e. The number of carbonyl (C=O) groups is 2. The summed E-state index contributed by atoms with van der Waals surface area (Å²) >= 11 is 0. The lowest BCUT2D eigenvalue weighted by molar-refractivity contribution is -0.142. The van der Waals surface area contributed by atoms with Gasteiger partial charge in [0.25, 0.3) is 0 Å². The van der Waals surface area contributed by atoms with Gasteiger partial charge in [0, 0.05) is 29.4 Å². The number of benzene rings is 1. The number of H-pyrrole nitrogens is 1. The molecular formula is C20H28N2O3. The molecule has 1 unspecified atom stereocenters. The second-order valence-corrected chi connectivity index (χ2v) is 7.08. The number of fused-ring (bicyclic) bond motifs is 1. The molecule has 0 spiro atoms. The third-order valence-corrected chi connectivity index (χ3v) is 4.48. The predicted molar refractivity (Wildman–Crippen MR) is 99.4 cm³/mol. The van der Waals surface area contributed by atoms with E-state index in [4.69, 9.17) is 0 Å². The van der Waals surface area contributed by atoms with Crippen molar-refractivity contribution in [3.05, 3.63) is 36.0 Å². The number of hydrogen-bond acceptors (Lipinski definition) is 2. The number of aliphatic carboxylic acids is 1. The molecule has 0 aliphatic heterocycles. The van der Waals surface area contributed by atoms with Gasteiger partial charge in [-0.15, -0.1) is 0 Å². The van der Waals surface area contributed by atoms with E-state index < -0.39 is 12.0 Å². The molecule has 2 aromatic rings. The van der Waals surface area contributed by atoms with Crippen molar-refractivity contribution >= 4 is 22.8 Å². The molecule has 5 nitrogen and oxygen atoms in total. The van der Waals surface area contributed by atoms with Crippen molar-refractivity contribution in [1.29, 1.82) is 0 Å². The highest BCUT2D eigenvalue weighted by Gasteiger charge is 2.26. The first-order valence-electron chi connectivity index (χ1n) is 9.00. The topological polar surface area (TPSA) is 82.2 Å². The molecule has 1 heterocycles. The SMILES string of the molecule is CCCC(CC(C)C)C(=O)N[C@@H](Cc1c[nH]c2ccccc12)C(=O)O. The number of amides is 1. The number of carbonyl (C=O) groups excluding carboxylic acids is 1. The Morgan fingerprint density at radius 1 is 1.24 bits per heavy atom. The Kier molecular flexibility index (Phi) is 6.62. The van der Waals surface area contributed by atoms with Crippen LogP contribution in [-0.4, -0.2) is 28.0 Å². The highest BCUT2D eigenvalue weighted by atomic mass is 16.4. The van der Waals surface area contributed by atoms with Crippen LogP contribution in [0.3, 0.4) is 0 Å². The lowest BCUT2D eigenvalue weighted by Crippen LogP contribution is -2.45. The lowest BCUT2D eigenvalue weighted by atomic mass is 9.92. The minimum atomic E-state index is -1.00. The number of nitrogens with one attached hydrogen (secondary N) is 2. The molecule has 136 valence electrons. The van der Waals surface area contributed by atoms with Crippen LogP contribution in [0.2, 0.25) is 0 Å². The van der Waals surface area contributed by atoms with Crippen molar-refractivity contribution in [3.63, 3.8) is 0 Å². The summed E-state index contributed by atoms with van der Waals surface area (Å²) in [5, 5.41) is 13.3. The Morgan fingerprint density at radius 3 is 2.60 bits per heavy atom. The van der Waals surface area contributed by atoms with Crippen LogP contribution < -0.4 is 5.32 Å². The van der Waals surface area contributed by atoms with Gasteiger partial charge in [-0.25, -0.2) is 4.79 Å². The van der Waals surface area contributed by atoms with Crippen LogP contribution in [-0.2, 0) is 16.0 Å². The quantitative estimate of drug-likeness (QED) is 0.648. The average Bonchev–Trinajstić information content (AvgIpc) is 2.96. The van der Waals surface area contributed by atoms with Crippen LogP contribution >= 0.6 is 0 Å². The van der Waals surface area contributed by atoms with E-state index in [1.165, 1.54) is 0 Å². The molecule has 5 heteroatoms. The molecule has 0 fully saturated rings. The fourth-order valence-corrected chi connectivity index (χ4v) is 3.28. The number of rotatable bonds is 9. The summed E-state index contributed by atoms with van der Waals surface area (Å²) in [4.78, 5) is 27.4. The smallest absolute Gasteiger partial charge is 0.326 e. The first-order valence-corrected chi connectivity index (χ1v) is 9.00. The Hall–Kier alpha value is -2.30. The summed E-state index contributed by atoms with van der Waals surface area (Å²) in [6.45, 7) is 6.20. The molecule has 0 saturated heterocycles. The van der Waals surface area contributed by atoms with E-state index in [1.807, 2.05) is 37.4 Å². The molecule has 0 bridgehead atoms.